The van der Waals surface area contributed by atoms with Crippen LogP contribution in [0.2, 0.25) is 0 Å². The molecular weight excluding hydrogens is 309 g/mol. The molecule has 1 aliphatic heterocycles. The largest absolute Gasteiger partial charge is 0.479 e. The Hall–Kier alpha value is -1.84. The molecule has 7 nitrogen and oxygen atoms in total. The maximum Gasteiger partial charge on any atom is 0.406 e. The molecule has 22 heavy (non-hydrogen) atoms. The molecule has 0 saturated carbocycles. The molecule has 1 saturated heterocycles. The lowest BCUT2D eigenvalue weighted by molar-refractivity contribution is -0.157. The Morgan fingerprint density at radius 3 is 2.50 bits per heavy atom. The van der Waals surface area contributed by atoms with Gasteiger partial charge in [-0.15, -0.1) is 0 Å². The van der Waals surface area contributed by atoms with Crippen molar-refractivity contribution in [3.05, 3.63) is 0 Å². The average Bonchev–Trinajstić information content (AvgIpc) is 2.68. The van der Waals surface area contributed by atoms with Crippen molar-refractivity contribution in [3.63, 3.8) is 0 Å². The van der Waals surface area contributed by atoms with E-state index in [2.05, 4.69) is 5.32 Å². The van der Waals surface area contributed by atoms with E-state index in [-0.39, 0.29) is 13.0 Å². The van der Waals surface area contributed by atoms with Crippen LogP contribution < -0.4 is 5.32 Å². The predicted molar refractivity (Wildman–Crippen MR) is 66.8 cm³/mol. The molecular formula is C12H17F3N2O5. The maximum absolute atomic E-state index is 12.3. The van der Waals surface area contributed by atoms with Crippen molar-refractivity contribution in [2.75, 3.05) is 26.8 Å². The molecule has 2 unspecified atom stereocenters. The van der Waals surface area contributed by atoms with Gasteiger partial charge in [0.25, 0.3) is 0 Å². The van der Waals surface area contributed by atoms with Crippen molar-refractivity contribution in [1.82, 2.24) is 10.2 Å². The topological polar surface area (TPSA) is 95.9 Å². The van der Waals surface area contributed by atoms with Crippen molar-refractivity contribution in [3.8, 4) is 0 Å². The Balaban J connectivity index is 2.71. The second-order valence-electron chi connectivity index (χ2n) is 5.35. The molecule has 0 aromatic rings. The Labute approximate surface area is 124 Å². The number of alkyl halides is 3. The number of hydrogen-bond acceptors (Lipinski definition) is 4. The van der Waals surface area contributed by atoms with E-state index in [0.29, 0.717) is 4.90 Å². The van der Waals surface area contributed by atoms with Crippen LogP contribution in [0.25, 0.3) is 0 Å². The fraction of sp³-hybridized carbons (Fsp3) is 0.750. The van der Waals surface area contributed by atoms with E-state index in [1.54, 1.807) is 0 Å². The van der Waals surface area contributed by atoms with E-state index in [1.165, 1.54) is 14.0 Å². The molecule has 0 spiro atoms. The van der Waals surface area contributed by atoms with Crippen molar-refractivity contribution >= 4 is 17.8 Å². The van der Waals surface area contributed by atoms with Gasteiger partial charge in [-0.2, -0.15) is 13.2 Å². The Morgan fingerprint density at radius 1 is 1.45 bits per heavy atom. The second-order valence-corrected chi connectivity index (χ2v) is 5.35. The predicted octanol–water partition coefficient (Wildman–Crippen LogP) is 0.00310. The van der Waals surface area contributed by atoms with E-state index in [1.807, 2.05) is 0 Å². The minimum absolute atomic E-state index is 0.318. The van der Waals surface area contributed by atoms with Crippen molar-refractivity contribution in [2.24, 2.45) is 5.92 Å². The van der Waals surface area contributed by atoms with Crippen molar-refractivity contribution in [1.29, 1.82) is 0 Å². The van der Waals surface area contributed by atoms with Crippen LogP contribution in [0.5, 0.6) is 0 Å². The number of ether oxygens (including phenoxy) is 1. The zero-order chi connectivity index (χ0) is 17.1. The minimum Gasteiger partial charge on any atom is -0.479 e. The number of carboxylic acids is 1. The summed E-state index contributed by atoms with van der Waals surface area (Å²) in [5.41, 5.74) is -1.72. The van der Waals surface area contributed by atoms with E-state index in [0.717, 1.165) is 0 Å². The van der Waals surface area contributed by atoms with Gasteiger partial charge in [-0.3, -0.25) is 9.59 Å². The lowest BCUT2D eigenvalue weighted by Gasteiger charge is -2.26. The molecule has 0 aliphatic carbocycles. The highest BCUT2D eigenvalue weighted by atomic mass is 19.4. The Morgan fingerprint density at radius 2 is 2.05 bits per heavy atom. The highest BCUT2D eigenvalue weighted by molar-refractivity contribution is 5.92. The summed E-state index contributed by atoms with van der Waals surface area (Å²) in [6.07, 6.45) is -4.93. The number of amides is 2. The lowest BCUT2D eigenvalue weighted by Crippen LogP contribution is -2.56. The fourth-order valence-corrected chi connectivity index (χ4v) is 2.13. The smallest absolute Gasteiger partial charge is 0.406 e. The van der Waals surface area contributed by atoms with Gasteiger partial charge in [0.2, 0.25) is 11.8 Å². The van der Waals surface area contributed by atoms with Gasteiger partial charge in [-0.25, -0.2) is 4.79 Å². The Kier molecular flexibility index (Phi) is 5.39. The van der Waals surface area contributed by atoms with E-state index in [4.69, 9.17) is 9.84 Å². The number of nitrogens with zero attached hydrogens (tertiary/aromatic N) is 1. The van der Waals surface area contributed by atoms with E-state index >= 15 is 0 Å². The molecule has 1 aliphatic rings. The van der Waals surface area contributed by atoms with E-state index < -0.39 is 48.5 Å². The summed E-state index contributed by atoms with van der Waals surface area (Å²) in [5, 5.41) is 11.3. The summed E-state index contributed by atoms with van der Waals surface area (Å²) in [5.74, 6) is -3.95. The quantitative estimate of drug-likeness (QED) is 0.716. The number of carbonyl (C=O) groups excluding carboxylic acids is 2. The van der Waals surface area contributed by atoms with Gasteiger partial charge in [0.1, 0.15) is 6.54 Å². The standard InChI is InChI=1S/C12H17F3N2O5/c1-11(6-22-2,10(20)21)16-9(19)7-3-8(18)17(4-7)5-12(13,14)15/h7H,3-6H2,1-2H3,(H,16,19)(H,20,21). The van der Waals surface area contributed by atoms with Gasteiger partial charge < -0.3 is 20.1 Å². The highest BCUT2D eigenvalue weighted by Gasteiger charge is 2.43. The van der Waals surface area contributed by atoms with Gasteiger partial charge in [-0.05, 0) is 6.92 Å². The first-order valence-corrected chi connectivity index (χ1v) is 6.37. The first kappa shape index (κ1) is 18.2. The molecule has 1 fully saturated rings. The lowest BCUT2D eigenvalue weighted by atomic mass is 10.0. The van der Waals surface area contributed by atoms with Crippen molar-refractivity contribution < 1.29 is 37.4 Å². The molecule has 126 valence electrons. The minimum atomic E-state index is -4.55. The van der Waals surface area contributed by atoms with Crippen molar-refractivity contribution in [2.45, 2.75) is 25.1 Å². The van der Waals surface area contributed by atoms with Gasteiger partial charge in [0.15, 0.2) is 5.54 Å². The molecule has 0 bridgehead atoms. The van der Waals surface area contributed by atoms with Gasteiger partial charge >= 0.3 is 12.1 Å². The summed E-state index contributed by atoms with van der Waals surface area (Å²) in [4.78, 5) is 35.2. The number of rotatable bonds is 6. The number of methoxy groups -OCH3 is 1. The summed E-state index contributed by atoms with van der Waals surface area (Å²) in [6.45, 7) is -0.932. The first-order chi connectivity index (χ1) is 9.98. The molecule has 1 rings (SSSR count). The normalized spacial score (nSPS) is 21.6. The van der Waals surface area contributed by atoms with Gasteiger partial charge in [0.05, 0.1) is 12.5 Å². The number of carbonyl (C=O) groups is 3. The zero-order valence-corrected chi connectivity index (χ0v) is 12.1. The summed E-state index contributed by atoms with van der Waals surface area (Å²) >= 11 is 0. The molecule has 1 heterocycles. The van der Waals surface area contributed by atoms with Crippen LogP contribution in [0.4, 0.5) is 13.2 Å². The third-order valence-electron chi connectivity index (χ3n) is 3.26. The molecule has 0 aromatic heterocycles. The summed E-state index contributed by atoms with van der Waals surface area (Å²) < 4.78 is 41.6. The van der Waals surface area contributed by atoms with Crippen LogP contribution in [0.1, 0.15) is 13.3 Å². The number of likely N-dealkylation sites (tertiary alicyclic amines) is 1. The molecule has 2 N–H and O–H groups in total. The molecule has 0 radical (unpaired) electrons. The maximum atomic E-state index is 12.3. The fourth-order valence-electron chi connectivity index (χ4n) is 2.13. The average molecular weight is 326 g/mol. The Bertz CT molecular complexity index is 468. The highest BCUT2D eigenvalue weighted by Crippen LogP contribution is 2.24. The molecule has 10 heteroatoms. The van der Waals surface area contributed by atoms with Crippen LogP contribution in [-0.2, 0) is 19.1 Å². The number of hydrogen-bond donors (Lipinski definition) is 2. The zero-order valence-electron chi connectivity index (χ0n) is 12.1. The van der Waals surface area contributed by atoms with Crippen LogP contribution >= 0.6 is 0 Å². The van der Waals surface area contributed by atoms with Crippen LogP contribution in [0.3, 0.4) is 0 Å². The number of aliphatic carboxylic acids is 1. The molecule has 0 aromatic carbocycles. The van der Waals surface area contributed by atoms with Crippen LogP contribution in [0, 0.1) is 5.92 Å². The third kappa shape index (κ3) is 4.58. The molecule has 2 amide bonds. The SMILES string of the molecule is COCC(C)(NC(=O)C1CC(=O)N(CC(F)(F)F)C1)C(=O)O. The number of nitrogens with one attached hydrogen (secondary N) is 1. The van der Waals surface area contributed by atoms with E-state index in [9.17, 15) is 27.6 Å². The molecule has 2 atom stereocenters. The summed E-state index contributed by atoms with van der Waals surface area (Å²) in [7, 11) is 1.25. The number of halogens is 3. The monoisotopic (exact) mass is 326 g/mol. The van der Waals surface area contributed by atoms with Gasteiger partial charge in [0, 0.05) is 20.1 Å². The van der Waals surface area contributed by atoms with Crippen LogP contribution in [-0.4, -0.2) is 66.3 Å². The van der Waals surface area contributed by atoms with Gasteiger partial charge in [-0.1, -0.05) is 0 Å². The van der Waals surface area contributed by atoms with Crippen LogP contribution in [0.15, 0.2) is 0 Å². The third-order valence-corrected chi connectivity index (χ3v) is 3.26. The number of carboxylic acid groups (broad SMARTS) is 1. The second kappa shape index (κ2) is 6.51. The summed E-state index contributed by atoms with van der Waals surface area (Å²) in [6, 6.07) is 0. The first-order valence-electron chi connectivity index (χ1n) is 6.37.